The molecular weight excluding hydrogens is 364 g/mol. The molecule has 8 heteroatoms. The summed E-state index contributed by atoms with van der Waals surface area (Å²) in [6.07, 6.45) is 0.702. The molecule has 0 unspecified atom stereocenters. The Morgan fingerprint density at radius 3 is 2.39 bits per heavy atom. The van der Waals surface area contributed by atoms with Crippen LogP contribution < -0.4 is 24.8 Å². The second-order valence-corrected chi connectivity index (χ2v) is 5.69. The van der Waals surface area contributed by atoms with Crippen molar-refractivity contribution in [3.05, 3.63) is 42.0 Å². The Bertz CT molecular complexity index is 866. The van der Waals surface area contributed by atoms with E-state index in [1.807, 2.05) is 0 Å². The van der Waals surface area contributed by atoms with E-state index in [9.17, 15) is 14.4 Å². The van der Waals surface area contributed by atoms with Gasteiger partial charge in [0.05, 0.1) is 19.4 Å². The molecule has 0 heterocycles. The highest BCUT2D eigenvalue weighted by Gasteiger charge is 2.12. The number of hydrogen-bond acceptors (Lipinski definition) is 6. The third-order valence-corrected chi connectivity index (χ3v) is 3.56. The molecule has 0 aliphatic carbocycles. The van der Waals surface area contributed by atoms with E-state index in [2.05, 4.69) is 10.6 Å². The fourth-order valence-electron chi connectivity index (χ4n) is 2.40. The molecule has 0 atom stereocenters. The monoisotopic (exact) mass is 386 g/mol. The summed E-state index contributed by atoms with van der Waals surface area (Å²) in [4.78, 5) is 34.4. The van der Waals surface area contributed by atoms with E-state index in [-0.39, 0.29) is 12.5 Å². The van der Waals surface area contributed by atoms with Gasteiger partial charge in [0.25, 0.3) is 5.91 Å². The van der Waals surface area contributed by atoms with Crippen LogP contribution in [-0.4, -0.2) is 38.4 Å². The maximum atomic E-state index is 12.3. The number of anilines is 2. The van der Waals surface area contributed by atoms with Crippen LogP contribution in [0.4, 0.5) is 11.4 Å². The minimum Gasteiger partial charge on any atom is -0.495 e. The van der Waals surface area contributed by atoms with Crippen molar-refractivity contribution in [2.24, 2.45) is 0 Å². The molecule has 2 rings (SSSR count). The number of ether oxygens (including phenoxy) is 3. The van der Waals surface area contributed by atoms with Crippen LogP contribution in [0.5, 0.6) is 17.2 Å². The summed E-state index contributed by atoms with van der Waals surface area (Å²) >= 11 is 0. The number of rotatable bonds is 9. The van der Waals surface area contributed by atoms with Gasteiger partial charge in [-0.25, -0.2) is 0 Å². The van der Waals surface area contributed by atoms with Crippen LogP contribution >= 0.6 is 0 Å². The lowest BCUT2D eigenvalue weighted by Crippen LogP contribution is -2.21. The Morgan fingerprint density at radius 1 is 1.00 bits per heavy atom. The summed E-state index contributed by atoms with van der Waals surface area (Å²) in [6.45, 7) is 3.30. The van der Waals surface area contributed by atoms with E-state index in [1.54, 1.807) is 43.3 Å². The van der Waals surface area contributed by atoms with Gasteiger partial charge in [0.15, 0.2) is 18.1 Å². The smallest absolute Gasteiger partial charge is 0.262 e. The summed E-state index contributed by atoms with van der Waals surface area (Å²) in [5, 5.41) is 5.32. The van der Waals surface area contributed by atoms with E-state index in [0.717, 1.165) is 0 Å². The molecule has 0 saturated carbocycles. The van der Waals surface area contributed by atoms with Crippen molar-refractivity contribution in [2.45, 2.75) is 13.8 Å². The van der Waals surface area contributed by atoms with E-state index in [4.69, 9.17) is 14.2 Å². The number of carbonyl (C=O) groups excluding carboxylic acids is 3. The van der Waals surface area contributed by atoms with Crippen LogP contribution in [0, 0.1) is 0 Å². The molecule has 2 amide bonds. The molecule has 0 bridgehead atoms. The van der Waals surface area contributed by atoms with Crippen molar-refractivity contribution in [3.63, 3.8) is 0 Å². The lowest BCUT2D eigenvalue weighted by Gasteiger charge is -2.14. The number of carbonyl (C=O) groups is 3. The maximum absolute atomic E-state index is 12.3. The zero-order chi connectivity index (χ0) is 20.5. The molecule has 28 heavy (non-hydrogen) atoms. The van der Waals surface area contributed by atoms with Crippen LogP contribution in [0.15, 0.2) is 36.4 Å². The fourth-order valence-corrected chi connectivity index (χ4v) is 2.40. The molecule has 0 aliphatic heterocycles. The van der Waals surface area contributed by atoms with Gasteiger partial charge >= 0.3 is 0 Å². The van der Waals surface area contributed by atoms with E-state index < -0.39 is 5.91 Å². The van der Waals surface area contributed by atoms with Crippen LogP contribution in [0.1, 0.15) is 24.2 Å². The lowest BCUT2D eigenvalue weighted by molar-refractivity contribution is -0.118. The van der Waals surface area contributed by atoms with Crippen molar-refractivity contribution in [2.75, 3.05) is 31.0 Å². The molecule has 2 aromatic carbocycles. The standard InChI is InChI=1S/C20H22N2O6/c1-4-27-19-9-14(11-23)5-7-18(19)28-12-20(25)22-16-10-15(21-13(2)24)6-8-17(16)26-3/h5-11H,4,12H2,1-3H3,(H,21,24)(H,22,25). The maximum Gasteiger partial charge on any atom is 0.262 e. The van der Waals surface area contributed by atoms with Gasteiger partial charge in [-0.1, -0.05) is 0 Å². The number of aldehydes is 1. The van der Waals surface area contributed by atoms with Crippen molar-refractivity contribution in [1.82, 2.24) is 0 Å². The van der Waals surface area contributed by atoms with Gasteiger partial charge < -0.3 is 24.8 Å². The summed E-state index contributed by atoms with van der Waals surface area (Å²) < 4.78 is 16.2. The highest BCUT2D eigenvalue weighted by atomic mass is 16.5. The summed E-state index contributed by atoms with van der Waals surface area (Å²) in [7, 11) is 1.47. The molecule has 148 valence electrons. The topological polar surface area (TPSA) is 103 Å². The van der Waals surface area contributed by atoms with Gasteiger partial charge in [-0.15, -0.1) is 0 Å². The van der Waals surface area contributed by atoms with Crippen molar-refractivity contribution < 1.29 is 28.6 Å². The zero-order valence-electron chi connectivity index (χ0n) is 15.9. The van der Waals surface area contributed by atoms with Crippen LogP contribution in [0.2, 0.25) is 0 Å². The Balaban J connectivity index is 2.08. The summed E-state index contributed by atoms with van der Waals surface area (Å²) in [6, 6.07) is 9.57. The van der Waals surface area contributed by atoms with Crippen LogP contribution in [0.25, 0.3) is 0 Å². The summed E-state index contributed by atoms with van der Waals surface area (Å²) in [5.74, 6) is 0.507. The number of methoxy groups -OCH3 is 1. The van der Waals surface area contributed by atoms with Crippen LogP contribution in [0.3, 0.4) is 0 Å². The van der Waals surface area contributed by atoms with E-state index in [0.29, 0.717) is 47.1 Å². The highest BCUT2D eigenvalue weighted by Crippen LogP contribution is 2.29. The van der Waals surface area contributed by atoms with E-state index >= 15 is 0 Å². The third-order valence-electron chi connectivity index (χ3n) is 3.56. The van der Waals surface area contributed by atoms with Crippen LogP contribution in [-0.2, 0) is 9.59 Å². The Kier molecular flexibility index (Phi) is 7.38. The Labute approximate surface area is 162 Å². The van der Waals surface area contributed by atoms with Crippen molar-refractivity contribution >= 4 is 29.5 Å². The van der Waals surface area contributed by atoms with Crippen molar-refractivity contribution in [3.8, 4) is 17.2 Å². The normalized spacial score (nSPS) is 9.96. The van der Waals surface area contributed by atoms with Gasteiger partial charge in [-0.05, 0) is 43.3 Å². The number of nitrogens with one attached hydrogen (secondary N) is 2. The zero-order valence-corrected chi connectivity index (χ0v) is 15.9. The summed E-state index contributed by atoms with van der Waals surface area (Å²) in [5.41, 5.74) is 1.36. The number of amides is 2. The molecule has 2 N–H and O–H groups in total. The molecular formula is C20H22N2O6. The molecule has 2 aromatic rings. The second-order valence-electron chi connectivity index (χ2n) is 5.69. The first-order valence-corrected chi connectivity index (χ1v) is 8.57. The lowest BCUT2D eigenvalue weighted by atomic mass is 10.2. The van der Waals surface area contributed by atoms with Gasteiger partial charge in [0, 0.05) is 18.2 Å². The average Bonchev–Trinajstić information content (AvgIpc) is 2.67. The molecule has 0 saturated heterocycles. The fraction of sp³-hybridized carbons (Fsp3) is 0.250. The van der Waals surface area contributed by atoms with E-state index in [1.165, 1.54) is 14.0 Å². The third kappa shape index (κ3) is 5.73. The predicted octanol–water partition coefficient (Wildman–Crippen LogP) is 2.88. The highest BCUT2D eigenvalue weighted by molar-refractivity contribution is 5.95. The first kappa shape index (κ1) is 20.8. The second kappa shape index (κ2) is 9.96. The molecule has 0 aromatic heterocycles. The predicted molar refractivity (Wildman–Crippen MR) is 104 cm³/mol. The molecule has 0 spiro atoms. The van der Waals surface area contributed by atoms with Crippen molar-refractivity contribution in [1.29, 1.82) is 0 Å². The van der Waals surface area contributed by atoms with Gasteiger partial charge in [-0.2, -0.15) is 0 Å². The van der Waals surface area contributed by atoms with Gasteiger partial charge in [0.1, 0.15) is 12.0 Å². The largest absolute Gasteiger partial charge is 0.495 e. The number of hydrogen-bond donors (Lipinski definition) is 2. The Morgan fingerprint density at radius 2 is 1.75 bits per heavy atom. The van der Waals surface area contributed by atoms with Gasteiger partial charge in [0.2, 0.25) is 5.91 Å². The Hall–Kier alpha value is -3.55. The first-order valence-electron chi connectivity index (χ1n) is 8.57. The molecule has 0 radical (unpaired) electrons. The number of benzene rings is 2. The van der Waals surface area contributed by atoms with Gasteiger partial charge in [-0.3, -0.25) is 14.4 Å². The minimum absolute atomic E-state index is 0.229. The molecule has 0 fully saturated rings. The molecule has 8 nitrogen and oxygen atoms in total. The molecule has 0 aliphatic rings. The first-order chi connectivity index (χ1) is 13.5. The SMILES string of the molecule is CCOc1cc(C=O)ccc1OCC(=O)Nc1cc(NC(C)=O)ccc1OC. The average molecular weight is 386 g/mol. The minimum atomic E-state index is -0.430. The quantitative estimate of drug-likeness (QED) is 0.643.